The van der Waals surface area contributed by atoms with Gasteiger partial charge in [0.25, 0.3) is 0 Å². The number of ether oxygens (including phenoxy) is 1. The summed E-state index contributed by atoms with van der Waals surface area (Å²) >= 11 is 0. The number of aromatic hydroxyl groups is 2. The highest BCUT2D eigenvalue weighted by atomic mass is 16.5. The summed E-state index contributed by atoms with van der Waals surface area (Å²) in [5.74, 6) is 0.203. The molecule has 1 heterocycles. The van der Waals surface area contributed by atoms with E-state index in [-0.39, 0.29) is 22.8 Å². The first-order chi connectivity index (χ1) is 11.8. The minimum atomic E-state index is -1.05. The van der Waals surface area contributed by atoms with Gasteiger partial charge in [-0.15, -0.1) is 0 Å². The van der Waals surface area contributed by atoms with Crippen molar-refractivity contribution in [2.45, 2.75) is 32.0 Å². The minimum Gasteiger partial charge on any atom is -0.508 e. The van der Waals surface area contributed by atoms with Crippen molar-refractivity contribution in [2.24, 2.45) is 0 Å². The number of rotatable bonds is 4. The maximum atomic E-state index is 12.4. The molecule has 5 heteroatoms. The normalized spacial score (nSPS) is 16.7. The highest BCUT2D eigenvalue weighted by Gasteiger charge is 2.37. The van der Waals surface area contributed by atoms with E-state index in [0.717, 1.165) is 5.56 Å². The summed E-state index contributed by atoms with van der Waals surface area (Å²) in [6, 6.07) is 9.59. The number of allylic oxidation sites excluding steroid dienone is 1. The number of aliphatic hydroxyl groups is 1. The van der Waals surface area contributed by atoms with Gasteiger partial charge in [0.2, 0.25) is 0 Å². The third-order valence-electron chi connectivity index (χ3n) is 4.27. The second kappa shape index (κ2) is 6.26. The van der Waals surface area contributed by atoms with Crippen molar-refractivity contribution in [3.63, 3.8) is 0 Å². The quantitative estimate of drug-likeness (QED) is 0.588. The number of benzene rings is 2. The summed E-state index contributed by atoms with van der Waals surface area (Å²) in [4.78, 5) is 12.4. The van der Waals surface area contributed by atoms with Crippen LogP contribution in [-0.2, 0) is 6.42 Å². The molecule has 0 saturated heterocycles. The SMILES string of the molecule is CC(C)(O)[C@@H]1Cc2c(ccc(C(=O)/C=C/c3ccc(O)cc3)c2O)O1. The van der Waals surface area contributed by atoms with Gasteiger partial charge in [0, 0.05) is 12.0 Å². The van der Waals surface area contributed by atoms with E-state index in [9.17, 15) is 20.1 Å². The van der Waals surface area contributed by atoms with Crippen LogP contribution < -0.4 is 4.74 Å². The van der Waals surface area contributed by atoms with E-state index >= 15 is 0 Å². The zero-order valence-electron chi connectivity index (χ0n) is 14.1. The minimum absolute atomic E-state index is 0.107. The molecule has 0 radical (unpaired) electrons. The molecule has 2 aromatic carbocycles. The average molecular weight is 340 g/mol. The number of carbonyl (C=O) groups excluding carboxylic acids is 1. The lowest BCUT2D eigenvalue weighted by Crippen LogP contribution is -2.39. The highest BCUT2D eigenvalue weighted by Crippen LogP contribution is 2.40. The molecule has 3 rings (SSSR count). The van der Waals surface area contributed by atoms with Crippen molar-refractivity contribution in [3.8, 4) is 17.2 Å². The van der Waals surface area contributed by atoms with Crippen LogP contribution in [-0.4, -0.2) is 32.8 Å². The summed E-state index contributed by atoms with van der Waals surface area (Å²) in [7, 11) is 0. The van der Waals surface area contributed by atoms with Crippen molar-refractivity contribution in [2.75, 3.05) is 0 Å². The maximum absolute atomic E-state index is 12.4. The second-order valence-electron chi connectivity index (χ2n) is 6.69. The molecular weight excluding hydrogens is 320 g/mol. The summed E-state index contributed by atoms with van der Waals surface area (Å²) in [6.07, 6.45) is 2.86. The Balaban J connectivity index is 1.83. The molecule has 0 spiro atoms. The summed E-state index contributed by atoms with van der Waals surface area (Å²) in [6.45, 7) is 3.29. The van der Waals surface area contributed by atoms with Crippen LogP contribution in [0.5, 0.6) is 17.2 Å². The molecular formula is C20H20O5. The van der Waals surface area contributed by atoms with E-state index < -0.39 is 11.7 Å². The lowest BCUT2D eigenvalue weighted by Gasteiger charge is -2.24. The maximum Gasteiger partial charge on any atom is 0.189 e. The van der Waals surface area contributed by atoms with Crippen LogP contribution in [0.1, 0.15) is 35.3 Å². The fraction of sp³-hybridized carbons (Fsp3) is 0.250. The molecule has 0 fully saturated rings. The molecule has 0 amide bonds. The summed E-state index contributed by atoms with van der Waals surface area (Å²) < 4.78 is 5.66. The molecule has 0 saturated carbocycles. The zero-order chi connectivity index (χ0) is 18.2. The van der Waals surface area contributed by atoms with Crippen LogP contribution in [0.25, 0.3) is 6.08 Å². The number of carbonyl (C=O) groups is 1. The molecule has 0 unspecified atom stereocenters. The van der Waals surface area contributed by atoms with Crippen molar-refractivity contribution in [1.29, 1.82) is 0 Å². The van der Waals surface area contributed by atoms with E-state index in [2.05, 4.69) is 0 Å². The smallest absolute Gasteiger partial charge is 0.189 e. The van der Waals surface area contributed by atoms with E-state index in [1.165, 1.54) is 24.3 Å². The number of hydrogen-bond acceptors (Lipinski definition) is 5. The van der Waals surface area contributed by atoms with Gasteiger partial charge in [0.15, 0.2) is 5.78 Å². The second-order valence-corrected chi connectivity index (χ2v) is 6.69. The Hall–Kier alpha value is -2.79. The molecule has 1 aliphatic rings. The third-order valence-corrected chi connectivity index (χ3v) is 4.27. The van der Waals surface area contributed by atoms with Gasteiger partial charge in [0.05, 0.1) is 11.2 Å². The Morgan fingerprint density at radius 3 is 2.48 bits per heavy atom. The molecule has 1 aliphatic heterocycles. The predicted octanol–water partition coefficient (Wildman–Crippen LogP) is 3.07. The van der Waals surface area contributed by atoms with Crippen molar-refractivity contribution in [1.82, 2.24) is 0 Å². The third kappa shape index (κ3) is 3.51. The Kier molecular flexibility index (Phi) is 4.27. The van der Waals surface area contributed by atoms with Gasteiger partial charge < -0.3 is 20.1 Å². The number of ketones is 1. The van der Waals surface area contributed by atoms with Crippen LogP contribution in [0.15, 0.2) is 42.5 Å². The van der Waals surface area contributed by atoms with Crippen LogP contribution in [0.2, 0.25) is 0 Å². The molecule has 130 valence electrons. The fourth-order valence-corrected chi connectivity index (χ4v) is 2.75. The van der Waals surface area contributed by atoms with Crippen LogP contribution >= 0.6 is 0 Å². The number of hydrogen-bond donors (Lipinski definition) is 3. The molecule has 3 N–H and O–H groups in total. The fourth-order valence-electron chi connectivity index (χ4n) is 2.75. The van der Waals surface area contributed by atoms with Crippen molar-refractivity contribution >= 4 is 11.9 Å². The van der Waals surface area contributed by atoms with Gasteiger partial charge >= 0.3 is 0 Å². The lowest BCUT2D eigenvalue weighted by atomic mass is 9.95. The van der Waals surface area contributed by atoms with Crippen molar-refractivity contribution in [3.05, 3.63) is 59.2 Å². The van der Waals surface area contributed by atoms with E-state index in [4.69, 9.17) is 4.74 Å². The number of phenols is 2. The Morgan fingerprint density at radius 1 is 1.16 bits per heavy atom. The van der Waals surface area contributed by atoms with Crippen LogP contribution in [0.4, 0.5) is 0 Å². The van der Waals surface area contributed by atoms with Gasteiger partial charge in [-0.1, -0.05) is 18.2 Å². The first-order valence-electron chi connectivity index (χ1n) is 8.01. The highest BCUT2D eigenvalue weighted by molar-refractivity contribution is 6.09. The number of phenolic OH excluding ortho intramolecular Hbond substituents is 2. The van der Waals surface area contributed by atoms with Gasteiger partial charge in [0.1, 0.15) is 23.4 Å². The molecule has 5 nitrogen and oxygen atoms in total. The monoisotopic (exact) mass is 340 g/mol. The van der Waals surface area contributed by atoms with Crippen molar-refractivity contribution < 1.29 is 24.9 Å². The van der Waals surface area contributed by atoms with Crippen LogP contribution in [0.3, 0.4) is 0 Å². The first-order valence-corrected chi connectivity index (χ1v) is 8.01. The van der Waals surface area contributed by atoms with E-state index in [1.54, 1.807) is 38.1 Å². The molecule has 0 bridgehead atoms. The van der Waals surface area contributed by atoms with Gasteiger partial charge in [-0.05, 0) is 49.8 Å². The lowest BCUT2D eigenvalue weighted by molar-refractivity contribution is -0.0229. The Labute approximate surface area is 145 Å². The van der Waals surface area contributed by atoms with Gasteiger partial charge in [-0.2, -0.15) is 0 Å². The Bertz CT molecular complexity index is 828. The molecule has 1 atom stereocenters. The van der Waals surface area contributed by atoms with Gasteiger partial charge in [-0.3, -0.25) is 4.79 Å². The number of fused-ring (bicyclic) bond motifs is 1. The molecule has 25 heavy (non-hydrogen) atoms. The largest absolute Gasteiger partial charge is 0.508 e. The predicted molar refractivity (Wildman–Crippen MR) is 94.0 cm³/mol. The van der Waals surface area contributed by atoms with E-state index in [1.807, 2.05) is 0 Å². The zero-order valence-corrected chi connectivity index (χ0v) is 14.1. The molecule has 0 aliphatic carbocycles. The van der Waals surface area contributed by atoms with Gasteiger partial charge in [-0.25, -0.2) is 0 Å². The standard InChI is InChI=1S/C20H20O5/c1-20(2,24)18-11-15-17(25-18)10-8-14(19(15)23)16(22)9-5-12-3-6-13(21)7-4-12/h3-10,18,21,23-24H,11H2,1-2H3/b9-5+/t18-/m0/s1. The van der Waals surface area contributed by atoms with E-state index in [0.29, 0.717) is 17.7 Å². The van der Waals surface area contributed by atoms with Crippen LogP contribution in [0, 0.1) is 0 Å². The first kappa shape index (κ1) is 17.0. The molecule has 2 aromatic rings. The topological polar surface area (TPSA) is 87.0 Å². The Morgan fingerprint density at radius 2 is 1.84 bits per heavy atom. The summed E-state index contributed by atoms with van der Waals surface area (Å²) in [5.41, 5.74) is 0.441. The summed E-state index contributed by atoms with van der Waals surface area (Å²) in [5, 5.41) is 29.8. The molecule has 0 aromatic heterocycles. The average Bonchev–Trinajstić information content (AvgIpc) is 3.00.